The summed E-state index contributed by atoms with van der Waals surface area (Å²) in [6, 6.07) is 9.94. The number of nitro groups is 1. The van der Waals surface area contributed by atoms with Gasteiger partial charge in [-0.05, 0) is 78.5 Å². The minimum absolute atomic E-state index is 0.0120. The number of phenolic OH excluding ortho intramolecular Hbond substituents is 1. The van der Waals surface area contributed by atoms with Gasteiger partial charge in [-0.3, -0.25) is 10.1 Å². The van der Waals surface area contributed by atoms with E-state index in [1.807, 2.05) is 6.07 Å². The van der Waals surface area contributed by atoms with Gasteiger partial charge < -0.3 is 19.8 Å². The van der Waals surface area contributed by atoms with Crippen LogP contribution in [0.2, 0.25) is 0 Å². The Morgan fingerprint density at radius 1 is 1.24 bits per heavy atom. The first kappa shape index (κ1) is 22.7. The van der Waals surface area contributed by atoms with Gasteiger partial charge in [0.2, 0.25) is 0 Å². The normalized spacial score (nSPS) is 30.9. The summed E-state index contributed by atoms with van der Waals surface area (Å²) >= 11 is 0. The molecule has 2 fully saturated rings. The fraction of sp³-hybridized carbons (Fsp3) is 0.500. The van der Waals surface area contributed by atoms with E-state index in [-0.39, 0.29) is 29.6 Å². The fourth-order valence-corrected chi connectivity index (χ4v) is 6.60. The lowest BCUT2D eigenvalue weighted by Crippen LogP contribution is -2.45. The number of hydrogen-bond donors (Lipinski definition) is 2. The van der Waals surface area contributed by atoms with Crippen molar-refractivity contribution in [2.75, 3.05) is 7.11 Å². The van der Waals surface area contributed by atoms with Crippen LogP contribution in [0, 0.1) is 27.4 Å². The van der Waals surface area contributed by atoms with Crippen LogP contribution in [-0.4, -0.2) is 34.1 Å². The number of aromatic hydroxyl groups is 1. The van der Waals surface area contributed by atoms with E-state index < -0.39 is 4.92 Å². The SMILES string of the molecule is COc1cc2c(cc1O)/C(=N/OCc1cccc([N+](=O)[O-])c1)C[C@@H]1[C@@H]2CC[C@]2(C)[C@@H](O)CC[C@@H]12. The van der Waals surface area contributed by atoms with Crippen molar-refractivity contribution in [1.29, 1.82) is 0 Å². The van der Waals surface area contributed by atoms with Crippen LogP contribution in [0.25, 0.3) is 0 Å². The van der Waals surface area contributed by atoms with Gasteiger partial charge in [-0.25, -0.2) is 0 Å². The van der Waals surface area contributed by atoms with Crippen molar-refractivity contribution < 1.29 is 24.7 Å². The third-order valence-corrected chi connectivity index (χ3v) is 8.40. The number of benzene rings is 2. The van der Waals surface area contributed by atoms with Crippen molar-refractivity contribution in [3.05, 3.63) is 63.2 Å². The first-order valence-corrected chi connectivity index (χ1v) is 11.8. The number of methoxy groups -OCH3 is 1. The minimum Gasteiger partial charge on any atom is -0.504 e. The predicted octanol–water partition coefficient (Wildman–Crippen LogP) is 4.90. The van der Waals surface area contributed by atoms with E-state index in [0.29, 0.717) is 35.5 Å². The average molecular weight is 467 g/mol. The zero-order valence-electron chi connectivity index (χ0n) is 19.4. The highest BCUT2D eigenvalue weighted by molar-refractivity contribution is 6.03. The number of oxime groups is 1. The number of hydrogen-bond acceptors (Lipinski definition) is 7. The van der Waals surface area contributed by atoms with Crippen LogP contribution in [0.5, 0.6) is 11.5 Å². The molecule has 34 heavy (non-hydrogen) atoms. The van der Waals surface area contributed by atoms with Crippen molar-refractivity contribution in [1.82, 2.24) is 0 Å². The standard InChI is InChI=1S/C26H30N2O6/c1-26-9-8-17-18-13-24(33-2)23(29)12-20(18)22(11-19(17)21(26)6-7-25(26)30)27-34-14-15-4-3-5-16(10-15)28(31)32/h3-5,10,12-13,17,19,21,25,29-30H,6-9,11,14H2,1-2H3/b27-22+/t17-,19-,21+,25+,26+/m1/s1. The number of phenols is 1. The van der Waals surface area contributed by atoms with Crippen molar-refractivity contribution in [2.45, 2.75) is 57.7 Å². The molecule has 0 saturated heterocycles. The van der Waals surface area contributed by atoms with Crippen molar-refractivity contribution in [2.24, 2.45) is 22.4 Å². The van der Waals surface area contributed by atoms with Gasteiger partial charge in [-0.2, -0.15) is 0 Å². The molecule has 8 heteroatoms. The van der Waals surface area contributed by atoms with Crippen molar-refractivity contribution in [3.8, 4) is 11.5 Å². The maximum atomic E-state index is 11.1. The maximum absolute atomic E-state index is 11.1. The zero-order chi connectivity index (χ0) is 24.0. The molecular formula is C26H30N2O6. The highest BCUT2D eigenvalue weighted by Crippen LogP contribution is 2.61. The minimum atomic E-state index is -0.431. The number of rotatable bonds is 5. The lowest BCUT2D eigenvalue weighted by atomic mass is 9.55. The Morgan fingerprint density at radius 3 is 2.82 bits per heavy atom. The van der Waals surface area contributed by atoms with E-state index in [4.69, 9.17) is 9.57 Å². The number of ether oxygens (including phenoxy) is 1. The summed E-state index contributed by atoms with van der Waals surface area (Å²) in [5.74, 6) is 1.51. The van der Waals surface area contributed by atoms with Crippen LogP contribution < -0.4 is 4.74 Å². The summed E-state index contributed by atoms with van der Waals surface area (Å²) in [6.45, 7) is 2.32. The Bertz CT molecular complexity index is 1150. The number of aliphatic hydroxyl groups is 1. The number of non-ortho nitro benzene ring substituents is 1. The topological polar surface area (TPSA) is 114 Å². The second-order valence-electron chi connectivity index (χ2n) is 10.1. The zero-order valence-corrected chi connectivity index (χ0v) is 19.4. The largest absolute Gasteiger partial charge is 0.504 e. The van der Waals surface area contributed by atoms with Gasteiger partial charge in [-0.15, -0.1) is 0 Å². The molecule has 180 valence electrons. The fourth-order valence-electron chi connectivity index (χ4n) is 6.60. The molecule has 8 nitrogen and oxygen atoms in total. The molecule has 0 amide bonds. The van der Waals surface area contributed by atoms with Crippen molar-refractivity contribution >= 4 is 11.4 Å². The summed E-state index contributed by atoms with van der Waals surface area (Å²) in [5.41, 5.74) is 3.30. The van der Waals surface area contributed by atoms with E-state index in [1.165, 1.54) is 12.1 Å². The molecule has 5 rings (SSSR count). The highest BCUT2D eigenvalue weighted by atomic mass is 16.6. The molecule has 0 unspecified atom stereocenters. The van der Waals surface area contributed by atoms with E-state index >= 15 is 0 Å². The first-order valence-electron chi connectivity index (χ1n) is 11.8. The van der Waals surface area contributed by atoms with Gasteiger partial charge in [0.25, 0.3) is 5.69 Å². The smallest absolute Gasteiger partial charge is 0.269 e. The van der Waals surface area contributed by atoms with Crippen molar-refractivity contribution in [3.63, 3.8) is 0 Å². The second-order valence-corrected chi connectivity index (χ2v) is 10.1. The van der Waals surface area contributed by atoms with Gasteiger partial charge in [0.1, 0.15) is 6.61 Å². The number of fused-ring (bicyclic) bond motifs is 5. The molecule has 3 aliphatic carbocycles. The van der Waals surface area contributed by atoms with E-state index in [1.54, 1.807) is 25.3 Å². The molecule has 0 aliphatic heterocycles. The summed E-state index contributed by atoms with van der Waals surface area (Å²) < 4.78 is 5.40. The summed E-state index contributed by atoms with van der Waals surface area (Å²) in [4.78, 5) is 16.3. The molecule has 2 N–H and O–H groups in total. The third kappa shape index (κ3) is 3.70. The highest BCUT2D eigenvalue weighted by Gasteiger charge is 2.55. The predicted molar refractivity (Wildman–Crippen MR) is 126 cm³/mol. The van der Waals surface area contributed by atoms with Gasteiger partial charge in [0.15, 0.2) is 11.5 Å². The quantitative estimate of drug-likeness (QED) is 0.478. The molecule has 2 aromatic rings. The Hall–Kier alpha value is -3.13. The Labute approximate surface area is 198 Å². The monoisotopic (exact) mass is 466 g/mol. The molecule has 0 spiro atoms. The Kier molecular flexibility index (Phi) is 5.72. The van der Waals surface area contributed by atoms with Crippen LogP contribution in [-0.2, 0) is 11.4 Å². The molecule has 0 heterocycles. The molecule has 0 radical (unpaired) electrons. The van der Waals surface area contributed by atoms with Crippen LogP contribution in [0.15, 0.2) is 41.6 Å². The molecule has 0 bridgehead atoms. The maximum Gasteiger partial charge on any atom is 0.269 e. The number of nitro benzene ring substituents is 1. The third-order valence-electron chi connectivity index (χ3n) is 8.40. The lowest BCUT2D eigenvalue weighted by Gasteiger charge is -2.50. The summed E-state index contributed by atoms with van der Waals surface area (Å²) in [6.07, 6.45) is 4.18. The van der Waals surface area contributed by atoms with E-state index in [0.717, 1.165) is 42.5 Å². The van der Waals surface area contributed by atoms with Gasteiger partial charge in [-0.1, -0.05) is 24.2 Å². The molecule has 2 aromatic carbocycles. The van der Waals surface area contributed by atoms with E-state index in [9.17, 15) is 20.3 Å². The van der Waals surface area contributed by atoms with Gasteiger partial charge in [0, 0.05) is 17.7 Å². The van der Waals surface area contributed by atoms with Gasteiger partial charge >= 0.3 is 0 Å². The van der Waals surface area contributed by atoms with Crippen LogP contribution >= 0.6 is 0 Å². The molecule has 0 aromatic heterocycles. The average Bonchev–Trinajstić information content (AvgIpc) is 3.13. The molecular weight excluding hydrogens is 436 g/mol. The summed E-state index contributed by atoms with van der Waals surface area (Å²) in [5, 5.41) is 36.7. The van der Waals surface area contributed by atoms with Crippen LogP contribution in [0.3, 0.4) is 0 Å². The molecule has 3 aliphatic rings. The number of aliphatic hydroxyl groups excluding tert-OH is 1. The Balaban J connectivity index is 1.48. The molecule has 5 atom stereocenters. The van der Waals surface area contributed by atoms with E-state index in [2.05, 4.69) is 12.1 Å². The second kappa shape index (κ2) is 8.58. The van der Waals surface area contributed by atoms with Gasteiger partial charge in [0.05, 0.1) is 23.8 Å². The molecule has 2 saturated carbocycles. The lowest BCUT2D eigenvalue weighted by molar-refractivity contribution is -0.384. The van der Waals surface area contributed by atoms with Crippen LogP contribution in [0.4, 0.5) is 5.69 Å². The Morgan fingerprint density at radius 2 is 2.06 bits per heavy atom. The summed E-state index contributed by atoms with van der Waals surface area (Å²) in [7, 11) is 1.55. The first-order chi connectivity index (χ1) is 16.3. The van der Waals surface area contributed by atoms with Crippen LogP contribution in [0.1, 0.15) is 61.6 Å². The number of nitrogens with zero attached hydrogens (tertiary/aromatic N) is 2.